The molecule has 5 nitrogen and oxygen atoms in total. The number of rotatable bonds is 5. The highest BCUT2D eigenvalue weighted by molar-refractivity contribution is 7.14. The van der Waals surface area contributed by atoms with Gasteiger partial charge in [-0.25, -0.2) is 4.39 Å². The van der Waals surface area contributed by atoms with Crippen LogP contribution < -0.4 is 15.6 Å². The number of nitrogens with one attached hydrogen (secondary N) is 2. The Morgan fingerprint density at radius 2 is 2.11 bits per heavy atom. The van der Waals surface area contributed by atoms with E-state index in [0.717, 1.165) is 19.3 Å². The number of benzene rings is 1. The molecule has 3 rings (SSSR count). The van der Waals surface area contributed by atoms with E-state index in [9.17, 15) is 14.0 Å². The van der Waals surface area contributed by atoms with Crippen molar-refractivity contribution in [1.82, 2.24) is 10.9 Å². The van der Waals surface area contributed by atoms with E-state index in [1.807, 2.05) is 6.07 Å². The van der Waals surface area contributed by atoms with E-state index in [2.05, 4.69) is 17.8 Å². The van der Waals surface area contributed by atoms with Gasteiger partial charge in [-0.3, -0.25) is 20.4 Å². The highest BCUT2D eigenvalue weighted by Gasteiger charge is 2.20. The number of hydrogen-bond acceptors (Lipinski definition) is 4. The minimum absolute atomic E-state index is 0.143. The molecule has 1 aliphatic rings. The molecule has 144 valence electrons. The highest BCUT2D eigenvalue weighted by Crippen LogP contribution is 2.32. The molecule has 0 aliphatic heterocycles. The molecule has 1 heterocycles. The SMILES string of the molecule is COc1ccc(CCC(=O)NNC(=O)c2cc3c(s2)CCC(C)C3)cc1F. The van der Waals surface area contributed by atoms with Crippen LogP contribution in [0.3, 0.4) is 0 Å². The molecular weight excluding hydrogens is 367 g/mol. The lowest BCUT2D eigenvalue weighted by molar-refractivity contribution is -0.121. The molecule has 0 fully saturated rings. The molecule has 0 saturated heterocycles. The third-order valence-electron chi connectivity index (χ3n) is 4.73. The van der Waals surface area contributed by atoms with E-state index >= 15 is 0 Å². The lowest BCUT2D eigenvalue weighted by Crippen LogP contribution is -2.41. The Morgan fingerprint density at radius 1 is 1.30 bits per heavy atom. The van der Waals surface area contributed by atoms with Crippen LogP contribution in [-0.4, -0.2) is 18.9 Å². The summed E-state index contributed by atoms with van der Waals surface area (Å²) in [6, 6.07) is 6.52. The molecule has 2 amide bonds. The van der Waals surface area contributed by atoms with Gasteiger partial charge in [0.25, 0.3) is 5.91 Å². The van der Waals surface area contributed by atoms with E-state index in [-0.39, 0.29) is 24.0 Å². The molecule has 27 heavy (non-hydrogen) atoms. The Labute approximate surface area is 161 Å². The molecule has 2 N–H and O–H groups in total. The maximum Gasteiger partial charge on any atom is 0.279 e. The normalized spacial score (nSPS) is 15.7. The van der Waals surface area contributed by atoms with E-state index in [1.165, 1.54) is 41.0 Å². The number of aryl methyl sites for hydroxylation is 2. The third kappa shape index (κ3) is 4.86. The van der Waals surface area contributed by atoms with E-state index < -0.39 is 5.82 Å². The van der Waals surface area contributed by atoms with Crippen molar-refractivity contribution < 1.29 is 18.7 Å². The van der Waals surface area contributed by atoms with Gasteiger partial charge in [0.15, 0.2) is 11.6 Å². The van der Waals surface area contributed by atoms with Crippen LogP contribution in [0.5, 0.6) is 5.75 Å². The Kier molecular flexibility index (Phi) is 6.11. The second-order valence-electron chi connectivity index (χ2n) is 6.88. The molecular formula is C20H23FN2O3S. The maximum atomic E-state index is 13.7. The number of fused-ring (bicyclic) bond motifs is 1. The second-order valence-corrected chi connectivity index (χ2v) is 8.01. The number of halogens is 1. The monoisotopic (exact) mass is 390 g/mol. The van der Waals surface area contributed by atoms with Gasteiger partial charge in [-0.05, 0) is 60.9 Å². The quantitative estimate of drug-likeness (QED) is 0.769. The molecule has 1 aromatic carbocycles. The van der Waals surface area contributed by atoms with Gasteiger partial charge in [0.2, 0.25) is 5.91 Å². The number of thiophene rings is 1. The summed E-state index contributed by atoms with van der Waals surface area (Å²) in [7, 11) is 1.40. The van der Waals surface area contributed by atoms with Gasteiger partial charge in [-0.15, -0.1) is 11.3 Å². The van der Waals surface area contributed by atoms with E-state index in [1.54, 1.807) is 6.07 Å². The summed E-state index contributed by atoms with van der Waals surface area (Å²) in [6.07, 6.45) is 3.68. The summed E-state index contributed by atoms with van der Waals surface area (Å²) in [4.78, 5) is 26.1. The van der Waals surface area contributed by atoms with Crippen LogP contribution in [0.15, 0.2) is 24.3 Å². The third-order valence-corrected chi connectivity index (χ3v) is 5.96. The number of methoxy groups -OCH3 is 1. The van der Waals surface area contributed by atoms with Gasteiger partial charge in [0, 0.05) is 11.3 Å². The predicted octanol–water partition coefficient (Wildman–Crippen LogP) is 3.41. The maximum absolute atomic E-state index is 13.7. The zero-order chi connectivity index (χ0) is 19.4. The Balaban J connectivity index is 1.47. The van der Waals surface area contributed by atoms with Gasteiger partial charge >= 0.3 is 0 Å². The van der Waals surface area contributed by atoms with Gasteiger partial charge in [0.05, 0.1) is 12.0 Å². The van der Waals surface area contributed by atoms with Crippen LogP contribution in [0.4, 0.5) is 4.39 Å². The summed E-state index contributed by atoms with van der Waals surface area (Å²) in [5, 5.41) is 0. The second kappa shape index (κ2) is 8.52. The van der Waals surface area contributed by atoms with Gasteiger partial charge in [-0.1, -0.05) is 13.0 Å². The Morgan fingerprint density at radius 3 is 2.85 bits per heavy atom. The first-order valence-corrected chi connectivity index (χ1v) is 9.81. The first-order valence-electron chi connectivity index (χ1n) is 8.99. The Hall–Kier alpha value is -2.41. The molecule has 1 atom stereocenters. The van der Waals surface area contributed by atoms with Crippen LogP contribution in [0.25, 0.3) is 0 Å². The molecule has 0 radical (unpaired) electrons. The van der Waals surface area contributed by atoms with Crippen LogP contribution in [0, 0.1) is 11.7 Å². The average Bonchev–Trinajstić information content (AvgIpc) is 3.07. The fourth-order valence-corrected chi connectivity index (χ4v) is 4.30. The number of carbonyl (C=O) groups is 2. The van der Waals surface area contributed by atoms with E-state index in [0.29, 0.717) is 22.8 Å². The first kappa shape index (κ1) is 19.4. The summed E-state index contributed by atoms with van der Waals surface area (Å²) in [5.41, 5.74) is 6.83. The minimum Gasteiger partial charge on any atom is -0.494 e. The fraction of sp³-hybridized carbons (Fsp3) is 0.400. The van der Waals surface area contributed by atoms with Crippen molar-refractivity contribution in [1.29, 1.82) is 0 Å². The molecule has 1 aromatic heterocycles. The zero-order valence-corrected chi connectivity index (χ0v) is 16.2. The number of hydrazine groups is 1. The van der Waals surface area contributed by atoms with Gasteiger partial charge in [0.1, 0.15) is 0 Å². The molecule has 0 saturated carbocycles. The molecule has 0 bridgehead atoms. The highest BCUT2D eigenvalue weighted by atomic mass is 32.1. The van der Waals surface area contributed by atoms with Crippen molar-refractivity contribution in [3.63, 3.8) is 0 Å². The van der Waals surface area contributed by atoms with Crippen LogP contribution >= 0.6 is 11.3 Å². The summed E-state index contributed by atoms with van der Waals surface area (Å²) < 4.78 is 18.5. The van der Waals surface area contributed by atoms with Gasteiger partial charge < -0.3 is 4.74 Å². The van der Waals surface area contributed by atoms with Crippen LogP contribution in [-0.2, 0) is 24.1 Å². The number of carbonyl (C=O) groups excluding carboxylic acids is 2. The predicted molar refractivity (Wildman–Crippen MR) is 102 cm³/mol. The summed E-state index contributed by atoms with van der Waals surface area (Å²) in [5.74, 6) is -0.269. The molecule has 7 heteroatoms. The average molecular weight is 390 g/mol. The van der Waals surface area contributed by atoms with E-state index in [4.69, 9.17) is 4.74 Å². The van der Waals surface area contributed by atoms with Gasteiger partial charge in [-0.2, -0.15) is 0 Å². The lowest BCUT2D eigenvalue weighted by Gasteiger charge is -2.16. The number of amides is 2. The molecule has 2 aromatic rings. The van der Waals surface area contributed by atoms with Crippen LogP contribution in [0.1, 0.15) is 45.4 Å². The zero-order valence-electron chi connectivity index (χ0n) is 15.4. The van der Waals surface area contributed by atoms with Crippen molar-refractivity contribution in [2.24, 2.45) is 5.92 Å². The smallest absolute Gasteiger partial charge is 0.279 e. The van der Waals surface area contributed by atoms with Crippen molar-refractivity contribution >= 4 is 23.2 Å². The first-order chi connectivity index (χ1) is 13.0. The number of hydrogen-bond donors (Lipinski definition) is 2. The standard InChI is InChI=1S/C20H23FN2O3S/c1-12-3-7-17-14(9-12)11-18(27-17)20(25)23-22-19(24)8-5-13-4-6-16(26-2)15(21)10-13/h4,6,10-12H,3,5,7-9H2,1-2H3,(H,22,24)(H,23,25). The fourth-order valence-electron chi connectivity index (χ4n) is 3.19. The van der Waals surface area contributed by atoms with Crippen molar-refractivity contribution in [2.45, 2.75) is 39.0 Å². The molecule has 1 aliphatic carbocycles. The minimum atomic E-state index is -0.459. The topological polar surface area (TPSA) is 67.4 Å². The van der Waals surface area contributed by atoms with Crippen molar-refractivity contribution in [3.05, 3.63) is 51.0 Å². The Bertz CT molecular complexity index is 850. The largest absolute Gasteiger partial charge is 0.494 e. The van der Waals surface area contributed by atoms with Crippen molar-refractivity contribution in [2.75, 3.05) is 7.11 Å². The summed E-state index contributed by atoms with van der Waals surface area (Å²) >= 11 is 1.50. The number of ether oxygens (including phenoxy) is 1. The van der Waals surface area contributed by atoms with Crippen molar-refractivity contribution in [3.8, 4) is 5.75 Å². The lowest BCUT2D eigenvalue weighted by atomic mass is 9.90. The molecule has 1 unspecified atom stereocenters. The molecule has 0 spiro atoms. The van der Waals surface area contributed by atoms with Crippen LogP contribution in [0.2, 0.25) is 0 Å². The summed E-state index contributed by atoms with van der Waals surface area (Å²) in [6.45, 7) is 2.22.